The van der Waals surface area contributed by atoms with Crippen LogP contribution in [-0.2, 0) is 19.1 Å². The molecule has 0 spiro atoms. The fraction of sp³-hybridized carbons (Fsp3) is 0.192. The van der Waals surface area contributed by atoms with Gasteiger partial charge in [-0.15, -0.1) is 0 Å². The summed E-state index contributed by atoms with van der Waals surface area (Å²) in [6.07, 6.45) is 0.502. The Bertz CT molecular complexity index is 1180. The molecule has 35 heavy (non-hydrogen) atoms. The van der Waals surface area contributed by atoms with Crippen LogP contribution in [0.2, 0.25) is 10.0 Å². The summed E-state index contributed by atoms with van der Waals surface area (Å²) in [7, 11) is 0. The van der Waals surface area contributed by atoms with Gasteiger partial charge in [0.1, 0.15) is 0 Å². The Balaban J connectivity index is 1.33. The molecule has 0 aromatic heterocycles. The fourth-order valence-corrected chi connectivity index (χ4v) is 4.13. The van der Waals surface area contributed by atoms with Crippen LogP contribution in [0.5, 0.6) is 0 Å². The van der Waals surface area contributed by atoms with Crippen molar-refractivity contribution in [2.24, 2.45) is 0 Å². The summed E-state index contributed by atoms with van der Waals surface area (Å²) in [5.74, 6) is -1.21. The van der Waals surface area contributed by atoms with Gasteiger partial charge in [0.2, 0.25) is 5.91 Å². The zero-order valence-electron chi connectivity index (χ0n) is 19.0. The van der Waals surface area contributed by atoms with E-state index < -0.39 is 18.5 Å². The van der Waals surface area contributed by atoms with E-state index in [1.165, 1.54) is 0 Å². The van der Waals surface area contributed by atoms with Crippen molar-refractivity contribution in [3.05, 3.63) is 82.3 Å². The molecular weight excluding hydrogens is 507 g/mol. The first-order valence-electron chi connectivity index (χ1n) is 10.8. The molecule has 0 atom stereocenters. The fourth-order valence-electron chi connectivity index (χ4n) is 3.01. The Labute approximate surface area is 218 Å². The van der Waals surface area contributed by atoms with Crippen molar-refractivity contribution in [2.75, 3.05) is 17.2 Å². The summed E-state index contributed by atoms with van der Waals surface area (Å²) in [5.41, 5.74) is 1.97. The Morgan fingerprint density at radius 3 is 2.17 bits per heavy atom. The molecule has 0 aliphatic rings. The average Bonchev–Trinajstić information content (AvgIpc) is 2.83. The molecule has 2 amide bonds. The predicted octanol–water partition coefficient (Wildman–Crippen LogP) is 6.74. The lowest BCUT2D eigenvalue weighted by Crippen LogP contribution is -2.21. The zero-order chi connectivity index (χ0) is 25.2. The van der Waals surface area contributed by atoms with E-state index in [2.05, 4.69) is 10.6 Å². The first-order chi connectivity index (χ1) is 16.8. The van der Waals surface area contributed by atoms with Crippen molar-refractivity contribution < 1.29 is 19.1 Å². The Morgan fingerprint density at radius 2 is 1.49 bits per heavy atom. The van der Waals surface area contributed by atoms with Crippen molar-refractivity contribution in [3.8, 4) is 0 Å². The summed E-state index contributed by atoms with van der Waals surface area (Å²) in [6.45, 7) is 1.38. The Hall–Kier alpha value is -3.00. The smallest absolute Gasteiger partial charge is 0.306 e. The molecule has 3 aromatic rings. The molecule has 0 unspecified atom stereocenters. The van der Waals surface area contributed by atoms with Crippen LogP contribution in [0.15, 0.2) is 76.5 Å². The number of benzene rings is 3. The van der Waals surface area contributed by atoms with E-state index in [1.807, 2.05) is 48.5 Å². The minimum absolute atomic E-state index is 0.0353. The number of hydrogen-bond acceptors (Lipinski definition) is 5. The van der Waals surface area contributed by atoms with Gasteiger partial charge in [0.25, 0.3) is 5.91 Å². The van der Waals surface area contributed by atoms with Gasteiger partial charge in [-0.05, 0) is 79.6 Å². The van der Waals surface area contributed by atoms with E-state index in [0.29, 0.717) is 27.8 Å². The molecule has 0 saturated heterocycles. The van der Waals surface area contributed by atoms with Gasteiger partial charge in [-0.3, -0.25) is 14.4 Å². The van der Waals surface area contributed by atoms with E-state index in [9.17, 15) is 14.4 Å². The molecule has 0 aliphatic carbocycles. The largest absolute Gasteiger partial charge is 0.456 e. The number of carbonyl (C=O) groups is 3. The molecule has 0 bridgehead atoms. The quantitative estimate of drug-likeness (QED) is 0.283. The predicted molar refractivity (Wildman–Crippen MR) is 140 cm³/mol. The van der Waals surface area contributed by atoms with E-state index >= 15 is 0 Å². The molecule has 0 aliphatic heterocycles. The first-order valence-corrected chi connectivity index (χ1v) is 12.4. The normalized spacial score (nSPS) is 10.5. The third-order valence-corrected chi connectivity index (χ3v) is 6.56. The number of rotatable bonds is 10. The molecule has 2 N–H and O–H groups in total. The van der Waals surface area contributed by atoms with Crippen molar-refractivity contribution >= 4 is 64.1 Å². The summed E-state index contributed by atoms with van der Waals surface area (Å²) >= 11 is 13.5. The number of anilines is 2. The second-order valence-electron chi connectivity index (χ2n) is 7.60. The lowest BCUT2D eigenvalue weighted by Gasteiger charge is -2.10. The number of hydrogen-bond donors (Lipinski definition) is 2. The number of ether oxygens (including phenoxy) is 1. The standard InChI is InChI=1S/C26H24Cl2N2O4S/c1-17-22(28)4-2-5-23(17)30-25(32)16-34-26(33)7-3-6-24(31)29-19-10-14-21(15-11-19)35-20-12-8-18(27)9-13-20/h2,4-5,8-15H,3,6-7,16H2,1H3,(H,29,31)(H,30,32). The number of nitrogens with one attached hydrogen (secondary N) is 2. The summed E-state index contributed by atoms with van der Waals surface area (Å²) in [5, 5.41) is 6.69. The molecule has 0 radical (unpaired) electrons. The van der Waals surface area contributed by atoms with Crippen molar-refractivity contribution in [2.45, 2.75) is 36.0 Å². The second kappa shape index (κ2) is 13.2. The van der Waals surface area contributed by atoms with Crippen LogP contribution in [-0.4, -0.2) is 24.4 Å². The molecule has 0 heterocycles. The van der Waals surface area contributed by atoms with Crippen LogP contribution in [0.3, 0.4) is 0 Å². The highest BCUT2D eigenvalue weighted by Gasteiger charge is 2.11. The van der Waals surface area contributed by atoms with Crippen LogP contribution >= 0.6 is 35.0 Å². The van der Waals surface area contributed by atoms with Crippen LogP contribution in [0.25, 0.3) is 0 Å². The van der Waals surface area contributed by atoms with Crippen LogP contribution in [0, 0.1) is 6.92 Å². The van der Waals surface area contributed by atoms with E-state index in [1.54, 1.807) is 36.9 Å². The van der Waals surface area contributed by atoms with Crippen LogP contribution in [0.1, 0.15) is 24.8 Å². The second-order valence-corrected chi connectivity index (χ2v) is 9.59. The SMILES string of the molecule is Cc1c(Cl)cccc1NC(=O)COC(=O)CCCC(=O)Nc1ccc(Sc2ccc(Cl)cc2)cc1. The molecule has 182 valence electrons. The van der Waals surface area contributed by atoms with Gasteiger partial charge < -0.3 is 15.4 Å². The maximum atomic E-state index is 12.2. The monoisotopic (exact) mass is 530 g/mol. The summed E-state index contributed by atoms with van der Waals surface area (Å²) in [4.78, 5) is 38.2. The lowest BCUT2D eigenvalue weighted by molar-refractivity contribution is -0.147. The molecule has 3 rings (SSSR count). The van der Waals surface area contributed by atoms with Gasteiger partial charge in [-0.1, -0.05) is 41.0 Å². The summed E-state index contributed by atoms with van der Waals surface area (Å²) in [6, 6.07) is 20.2. The third kappa shape index (κ3) is 8.94. The number of halogens is 2. The molecule has 9 heteroatoms. The van der Waals surface area contributed by atoms with Crippen LogP contribution in [0.4, 0.5) is 11.4 Å². The summed E-state index contributed by atoms with van der Waals surface area (Å²) < 4.78 is 4.99. The van der Waals surface area contributed by atoms with Gasteiger partial charge in [-0.25, -0.2) is 0 Å². The Morgan fingerprint density at radius 1 is 0.829 bits per heavy atom. The molecule has 3 aromatic carbocycles. The van der Waals surface area contributed by atoms with Gasteiger partial charge in [0.15, 0.2) is 6.61 Å². The van der Waals surface area contributed by atoms with Gasteiger partial charge in [0, 0.05) is 44.1 Å². The minimum atomic E-state index is -0.542. The van der Waals surface area contributed by atoms with Gasteiger partial charge in [0.05, 0.1) is 0 Å². The first kappa shape index (κ1) is 26.6. The van der Waals surface area contributed by atoms with Crippen molar-refractivity contribution in [3.63, 3.8) is 0 Å². The number of amides is 2. The van der Waals surface area contributed by atoms with Gasteiger partial charge >= 0.3 is 5.97 Å². The molecule has 6 nitrogen and oxygen atoms in total. The minimum Gasteiger partial charge on any atom is -0.456 e. The maximum Gasteiger partial charge on any atom is 0.306 e. The highest BCUT2D eigenvalue weighted by atomic mass is 35.5. The third-order valence-electron chi connectivity index (χ3n) is 4.88. The van der Waals surface area contributed by atoms with E-state index in [4.69, 9.17) is 27.9 Å². The topological polar surface area (TPSA) is 84.5 Å². The highest BCUT2D eigenvalue weighted by molar-refractivity contribution is 7.99. The van der Waals surface area contributed by atoms with E-state index in [0.717, 1.165) is 15.4 Å². The number of esters is 1. The van der Waals surface area contributed by atoms with Crippen molar-refractivity contribution in [1.82, 2.24) is 0 Å². The molecule has 0 fully saturated rings. The van der Waals surface area contributed by atoms with E-state index in [-0.39, 0.29) is 18.7 Å². The molecular formula is C26H24Cl2N2O4S. The highest BCUT2D eigenvalue weighted by Crippen LogP contribution is 2.29. The lowest BCUT2D eigenvalue weighted by atomic mass is 10.2. The Kier molecular flexibility index (Phi) is 10.0. The van der Waals surface area contributed by atoms with Crippen LogP contribution < -0.4 is 10.6 Å². The molecule has 0 saturated carbocycles. The average molecular weight is 531 g/mol. The van der Waals surface area contributed by atoms with Crippen molar-refractivity contribution in [1.29, 1.82) is 0 Å². The zero-order valence-corrected chi connectivity index (χ0v) is 21.3. The van der Waals surface area contributed by atoms with Gasteiger partial charge in [-0.2, -0.15) is 0 Å². The maximum absolute atomic E-state index is 12.2. The number of carbonyl (C=O) groups excluding carboxylic acids is 3.